The summed E-state index contributed by atoms with van der Waals surface area (Å²) < 4.78 is 5.45. The molecule has 0 aliphatic carbocycles. The second kappa shape index (κ2) is 8.64. The molecule has 166 valence electrons. The molecule has 0 saturated carbocycles. The Hall–Kier alpha value is -3.77. The Bertz CT molecular complexity index is 1280. The topological polar surface area (TPSA) is 64.7 Å². The third kappa shape index (κ3) is 4.17. The summed E-state index contributed by atoms with van der Waals surface area (Å²) >= 11 is 0. The molecule has 3 heterocycles. The number of rotatable bonds is 5. The molecule has 6 nitrogen and oxygen atoms in total. The van der Waals surface area contributed by atoms with Crippen molar-refractivity contribution in [3.05, 3.63) is 78.4 Å². The van der Waals surface area contributed by atoms with Crippen molar-refractivity contribution in [2.45, 2.75) is 0 Å². The Balaban J connectivity index is 1.16. The minimum atomic E-state index is 0.802. The minimum Gasteiger partial charge on any atom is -0.378 e. The van der Waals surface area contributed by atoms with E-state index in [4.69, 9.17) is 4.74 Å². The van der Waals surface area contributed by atoms with Gasteiger partial charge in [0.05, 0.1) is 19.8 Å². The van der Waals surface area contributed by atoms with Crippen molar-refractivity contribution >= 4 is 33.8 Å². The molecule has 6 heteroatoms. The summed E-state index contributed by atoms with van der Waals surface area (Å²) in [5.74, 6) is 0.987. The number of nitrogens with one attached hydrogen (secondary N) is 3. The van der Waals surface area contributed by atoms with E-state index in [1.54, 1.807) is 0 Å². The maximum absolute atomic E-state index is 5.45. The van der Waals surface area contributed by atoms with Gasteiger partial charge in [0.25, 0.3) is 0 Å². The van der Waals surface area contributed by atoms with Gasteiger partial charge in [-0.1, -0.05) is 24.3 Å². The fraction of sp³-hybridized carbons (Fsp3) is 0.222. The Kier molecular flexibility index (Phi) is 5.20. The van der Waals surface area contributed by atoms with E-state index < -0.39 is 0 Å². The molecule has 0 amide bonds. The van der Waals surface area contributed by atoms with Crippen molar-refractivity contribution in [1.29, 1.82) is 0 Å². The van der Waals surface area contributed by atoms with Gasteiger partial charge in [0.15, 0.2) is 0 Å². The average Bonchev–Trinajstić information content (AvgIpc) is 3.55. The van der Waals surface area contributed by atoms with Gasteiger partial charge in [-0.25, -0.2) is 0 Å². The first-order valence-corrected chi connectivity index (χ1v) is 11.5. The SMILES string of the molecule is c1cc(-c2cc3ccc(C4=NCCN4)cc3[nH]2)ccc1Nc1ccc(N2CCOCC2)cc1. The van der Waals surface area contributed by atoms with Crippen LogP contribution in [-0.4, -0.2) is 50.2 Å². The lowest BCUT2D eigenvalue weighted by Gasteiger charge is -2.28. The van der Waals surface area contributed by atoms with Crippen LogP contribution in [-0.2, 0) is 4.74 Å². The fourth-order valence-corrected chi connectivity index (χ4v) is 4.50. The molecule has 0 atom stereocenters. The van der Waals surface area contributed by atoms with E-state index in [0.29, 0.717) is 0 Å². The van der Waals surface area contributed by atoms with Gasteiger partial charge in [-0.3, -0.25) is 4.99 Å². The van der Waals surface area contributed by atoms with E-state index in [1.165, 1.54) is 11.1 Å². The molecule has 0 bridgehead atoms. The normalized spacial score (nSPS) is 16.0. The van der Waals surface area contributed by atoms with Crippen LogP contribution < -0.4 is 15.5 Å². The predicted molar refractivity (Wildman–Crippen MR) is 136 cm³/mol. The van der Waals surface area contributed by atoms with Crippen molar-refractivity contribution < 1.29 is 4.74 Å². The van der Waals surface area contributed by atoms with Crippen molar-refractivity contribution in [2.75, 3.05) is 49.6 Å². The number of hydrogen-bond acceptors (Lipinski definition) is 5. The molecule has 0 unspecified atom stereocenters. The number of aliphatic imine (C=N–C) groups is 1. The number of amidine groups is 1. The molecule has 0 spiro atoms. The van der Waals surface area contributed by atoms with Crippen LogP contribution in [0.3, 0.4) is 0 Å². The highest BCUT2D eigenvalue weighted by Crippen LogP contribution is 2.28. The Labute approximate surface area is 193 Å². The number of morpholine rings is 1. The number of aromatic amines is 1. The van der Waals surface area contributed by atoms with E-state index in [9.17, 15) is 0 Å². The number of nitrogens with zero attached hydrogens (tertiary/aromatic N) is 2. The van der Waals surface area contributed by atoms with Crippen LogP contribution in [0.5, 0.6) is 0 Å². The van der Waals surface area contributed by atoms with E-state index in [2.05, 4.69) is 98.3 Å². The van der Waals surface area contributed by atoms with Crippen LogP contribution in [0.2, 0.25) is 0 Å². The molecular formula is C27H27N5O. The monoisotopic (exact) mass is 437 g/mol. The summed E-state index contributed by atoms with van der Waals surface area (Å²) in [6.07, 6.45) is 0. The predicted octanol–water partition coefficient (Wildman–Crippen LogP) is 4.76. The van der Waals surface area contributed by atoms with Crippen molar-refractivity contribution in [3.63, 3.8) is 0 Å². The summed E-state index contributed by atoms with van der Waals surface area (Å²) in [4.78, 5) is 10.5. The molecule has 6 rings (SSSR count). The summed E-state index contributed by atoms with van der Waals surface area (Å²) in [6.45, 7) is 5.28. The fourth-order valence-electron chi connectivity index (χ4n) is 4.50. The Morgan fingerprint density at radius 3 is 2.27 bits per heavy atom. The van der Waals surface area contributed by atoms with Gasteiger partial charge in [0, 0.05) is 58.9 Å². The number of aromatic nitrogens is 1. The zero-order valence-corrected chi connectivity index (χ0v) is 18.5. The number of H-pyrrole nitrogens is 1. The first-order valence-electron chi connectivity index (χ1n) is 11.5. The molecule has 1 fully saturated rings. The Morgan fingerprint density at radius 2 is 1.55 bits per heavy atom. The average molecular weight is 438 g/mol. The van der Waals surface area contributed by atoms with Crippen LogP contribution in [0.4, 0.5) is 17.1 Å². The molecule has 0 radical (unpaired) electrons. The van der Waals surface area contributed by atoms with Crippen molar-refractivity contribution in [2.24, 2.45) is 4.99 Å². The number of benzene rings is 3. The molecule has 4 aromatic rings. The summed E-state index contributed by atoms with van der Waals surface area (Å²) in [6, 6.07) is 25.8. The maximum atomic E-state index is 5.45. The highest BCUT2D eigenvalue weighted by molar-refractivity contribution is 6.02. The number of ether oxygens (including phenoxy) is 1. The summed E-state index contributed by atoms with van der Waals surface area (Å²) in [5.41, 5.74) is 7.94. The van der Waals surface area contributed by atoms with Gasteiger partial charge in [0.1, 0.15) is 5.84 Å². The van der Waals surface area contributed by atoms with E-state index in [-0.39, 0.29) is 0 Å². The van der Waals surface area contributed by atoms with Crippen LogP contribution in [0, 0.1) is 0 Å². The third-order valence-electron chi connectivity index (χ3n) is 6.30. The van der Waals surface area contributed by atoms with Gasteiger partial charge in [-0.15, -0.1) is 0 Å². The molecule has 3 aromatic carbocycles. The van der Waals surface area contributed by atoms with Crippen LogP contribution in [0.15, 0.2) is 77.8 Å². The highest BCUT2D eigenvalue weighted by Gasteiger charge is 2.12. The molecule has 1 saturated heterocycles. The lowest BCUT2D eigenvalue weighted by atomic mass is 10.1. The van der Waals surface area contributed by atoms with Gasteiger partial charge >= 0.3 is 0 Å². The van der Waals surface area contributed by atoms with Crippen LogP contribution >= 0.6 is 0 Å². The Morgan fingerprint density at radius 1 is 0.818 bits per heavy atom. The lowest BCUT2D eigenvalue weighted by Crippen LogP contribution is -2.36. The quantitative estimate of drug-likeness (QED) is 0.421. The molecule has 3 N–H and O–H groups in total. The van der Waals surface area contributed by atoms with Crippen LogP contribution in [0.25, 0.3) is 22.2 Å². The molecule has 2 aliphatic heterocycles. The van der Waals surface area contributed by atoms with E-state index in [0.717, 1.165) is 78.9 Å². The second-order valence-corrected chi connectivity index (χ2v) is 8.49. The highest BCUT2D eigenvalue weighted by atomic mass is 16.5. The molecule has 1 aromatic heterocycles. The van der Waals surface area contributed by atoms with Gasteiger partial charge < -0.3 is 25.3 Å². The zero-order valence-electron chi connectivity index (χ0n) is 18.5. The van der Waals surface area contributed by atoms with Crippen LogP contribution in [0.1, 0.15) is 5.56 Å². The van der Waals surface area contributed by atoms with Crippen molar-refractivity contribution in [1.82, 2.24) is 10.3 Å². The van der Waals surface area contributed by atoms with E-state index in [1.807, 2.05) is 0 Å². The maximum Gasteiger partial charge on any atom is 0.128 e. The smallest absolute Gasteiger partial charge is 0.128 e. The summed E-state index contributed by atoms with van der Waals surface area (Å²) in [5, 5.41) is 8.05. The second-order valence-electron chi connectivity index (χ2n) is 8.49. The first-order chi connectivity index (χ1) is 16.3. The van der Waals surface area contributed by atoms with Gasteiger partial charge in [-0.05, 0) is 54.1 Å². The van der Waals surface area contributed by atoms with Gasteiger partial charge in [-0.2, -0.15) is 0 Å². The number of anilines is 3. The first kappa shape index (κ1) is 19.9. The van der Waals surface area contributed by atoms with Crippen molar-refractivity contribution in [3.8, 4) is 11.3 Å². The largest absolute Gasteiger partial charge is 0.378 e. The lowest BCUT2D eigenvalue weighted by molar-refractivity contribution is 0.122. The molecule has 2 aliphatic rings. The third-order valence-corrected chi connectivity index (χ3v) is 6.30. The summed E-state index contributed by atoms with van der Waals surface area (Å²) in [7, 11) is 0. The number of hydrogen-bond donors (Lipinski definition) is 3. The number of fused-ring (bicyclic) bond motifs is 1. The molecular weight excluding hydrogens is 410 g/mol. The van der Waals surface area contributed by atoms with E-state index >= 15 is 0 Å². The molecule has 33 heavy (non-hydrogen) atoms. The zero-order chi connectivity index (χ0) is 22.0. The standard InChI is InChI=1S/C27H27N5O/c1-2-21(27-28-11-12-29-27)18-26-20(1)17-25(31-26)19-3-5-22(6-4-19)30-23-7-9-24(10-8-23)32-13-15-33-16-14-32/h1-10,17-18,30-31H,11-16H2,(H,28,29). The van der Waals surface area contributed by atoms with Gasteiger partial charge in [0.2, 0.25) is 0 Å². The minimum absolute atomic E-state index is 0.802.